The molecule has 0 bridgehead atoms. The number of hydrogen-bond donors (Lipinski definition) is 3. The SMILES string of the molecule is Nc1cc(C(F)(F)F)c(Cl)cc1Nc1ccc(CCO)cc1. The predicted molar refractivity (Wildman–Crippen MR) is 81.4 cm³/mol. The summed E-state index contributed by atoms with van der Waals surface area (Å²) in [6, 6.07) is 9.07. The highest BCUT2D eigenvalue weighted by Crippen LogP contribution is 2.39. The lowest BCUT2D eigenvalue weighted by atomic mass is 10.1. The molecule has 0 unspecified atom stereocenters. The molecule has 0 aliphatic heterocycles. The maximum Gasteiger partial charge on any atom is 0.417 e. The summed E-state index contributed by atoms with van der Waals surface area (Å²) >= 11 is 5.68. The first-order valence-electron chi connectivity index (χ1n) is 6.44. The number of rotatable bonds is 4. The Hall–Kier alpha value is -1.92. The van der Waals surface area contributed by atoms with Crippen molar-refractivity contribution in [1.82, 2.24) is 0 Å². The van der Waals surface area contributed by atoms with Gasteiger partial charge < -0.3 is 16.2 Å². The molecule has 0 saturated carbocycles. The van der Waals surface area contributed by atoms with Crippen LogP contribution in [-0.2, 0) is 12.6 Å². The van der Waals surface area contributed by atoms with E-state index in [2.05, 4.69) is 5.32 Å². The van der Waals surface area contributed by atoms with Crippen LogP contribution in [0.15, 0.2) is 36.4 Å². The molecule has 22 heavy (non-hydrogen) atoms. The Labute approximate surface area is 130 Å². The molecule has 2 aromatic carbocycles. The third-order valence-corrected chi connectivity index (χ3v) is 3.39. The molecule has 0 amide bonds. The van der Waals surface area contributed by atoms with Gasteiger partial charge in [0.2, 0.25) is 0 Å². The number of aliphatic hydroxyl groups is 1. The first-order valence-corrected chi connectivity index (χ1v) is 6.82. The van der Waals surface area contributed by atoms with Crippen LogP contribution >= 0.6 is 11.6 Å². The highest BCUT2D eigenvalue weighted by molar-refractivity contribution is 6.32. The number of nitrogens with two attached hydrogens (primary N) is 1. The van der Waals surface area contributed by atoms with Crippen LogP contribution in [-0.4, -0.2) is 11.7 Å². The van der Waals surface area contributed by atoms with E-state index in [1.807, 2.05) is 0 Å². The third-order valence-electron chi connectivity index (χ3n) is 3.08. The van der Waals surface area contributed by atoms with Gasteiger partial charge in [-0.3, -0.25) is 0 Å². The number of aliphatic hydroxyl groups excluding tert-OH is 1. The maximum absolute atomic E-state index is 12.7. The Balaban J connectivity index is 2.25. The molecule has 0 saturated heterocycles. The lowest BCUT2D eigenvalue weighted by molar-refractivity contribution is -0.137. The molecular formula is C15H14ClF3N2O. The molecule has 2 aromatic rings. The fourth-order valence-corrected chi connectivity index (χ4v) is 2.23. The van der Waals surface area contributed by atoms with Crippen molar-refractivity contribution in [2.75, 3.05) is 17.7 Å². The van der Waals surface area contributed by atoms with Gasteiger partial charge in [-0.15, -0.1) is 0 Å². The minimum absolute atomic E-state index is 0.0452. The molecule has 0 heterocycles. The highest BCUT2D eigenvalue weighted by Gasteiger charge is 2.33. The average Bonchev–Trinajstić information content (AvgIpc) is 2.43. The quantitative estimate of drug-likeness (QED) is 0.736. The zero-order valence-corrected chi connectivity index (χ0v) is 12.2. The molecule has 0 fully saturated rings. The first-order chi connectivity index (χ1) is 10.3. The van der Waals surface area contributed by atoms with Gasteiger partial charge >= 0.3 is 6.18 Å². The molecule has 0 spiro atoms. The minimum atomic E-state index is -4.55. The molecule has 0 aromatic heterocycles. The van der Waals surface area contributed by atoms with Crippen molar-refractivity contribution in [3.8, 4) is 0 Å². The summed E-state index contributed by atoms with van der Waals surface area (Å²) in [7, 11) is 0. The van der Waals surface area contributed by atoms with Gasteiger partial charge in [-0.25, -0.2) is 0 Å². The lowest BCUT2D eigenvalue weighted by Gasteiger charge is -2.14. The number of halogens is 4. The first kappa shape index (κ1) is 16.5. The molecule has 118 valence electrons. The second-order valence-electron chi connectivity index (χ2n) is 4.71. The smallest absolute Gasteiger partial charge is 0.397 e. The van der Waals surface area contributed by atoms with Crippen LogP contribution in [0.4, 0.5) is 30.2 Å². The van der Waals surface area contributed by atoms with Crippen LogP contribution in [0.3, 0.4) is 0 Å². The largest absolute Gasteiger partial charge is 0.417 e. The molecule has 0 radical (unpaired) electrons. The third kappa shape index (κ3) is 3.84. The number of nitrogens with one attached hydrogen (secondary N) is 1. The fourth-order valence-electron chi connectivity index (χ4n) is 1.95. The van der Waals surface area contributed by atoms with E-state index >= 15 is 0 Å². The minimum Gasteiger partial charge on any atom is -0.397 e. The molecule has 3 nitrogen and oxygen atoms in total. The van der Waals surface area contributed by atoms with Crippen molar-refractivity contribution < 1.29 is 18.3 Å². The zero-order chi connectivity index (χ0) is 16.3. The van der Waals surface area contributed by atoms with Crippen molar-refractivity contribution >= 4 is 28.7 Å². The van der Waals surface area contributed by atoms with Gasteiger partial charge in [0.05, 0.1) is 22.0 Å². The second kappa shape index (κ2) is 6.46. The van der Waals surface area contributed by atoms with E-state index in [4.69, 9.17) is 22.4 Å². The van der Waals surface area contributed by atoms with Crippen molar-refractivity contribution in [1.29, 1.82) is 0 Å². The van der Waals surface area contributed by atoms with Gasteiger partial charge in [0.1, 0.15) is 0 Å². The predicted octanol–water partition coefficient (Wildman–Crippen LogP) is 4.22. The Bertz CT molecular complexity index is 657. The van der Waals surface area contributed by atoms with E-state index in [0.717, 1.165) is 17.7 Å². The Kier molecular flexibility index (Phi) is 4.83. The molecule has 0 aliphatic carbocycles. The molecule has 2 rings (SSSR count). The summed E-state index contributed by atoms with van der Waals surface area (Å²) in [6.07, 6.45) is -4.01. The standard InChI is InChI=1S/C15H14ClF3N2O/c16-12-8-14(13(20)7-11(12)15(17,18)19)21-10-3-1-9(2-4-10)5-6-22/h1-4,7-8,21-22H,5-6,20H2. The van der Waals surface area contributed by atoms with Crippen LogP contribution in [0.1, 0.15) is 11.1 Å². The summed E-state index contributed by atoms with van der Waals surface area (Å²) in [4.78, 5) is 0. The normalized spacial score (nSPS) is 11.5. The summed E-state index contributed by atoms with van der Waals surface area (Å²) in [5.41, 5.74) is 6.56. The zero-order valence-electron chi connectivity index (χ0n) is 11.4. The van der Waals surface area contributed by atoms with Gasteiger partial charge in [0.25, 0.3) is 0 Å². The topological polar surface area (TPSA) is 58.3 Å². The van der Waals surface area contributed by atoms with Crippen molar-refractivity contribution in [3.63, 3.8) is 0 Å². The van der Waals surface area contributed by atoms with E-state index in [-0.39, 0.29) is 12.3 Å². The highest BCUT2D eigenvalue weighted by atomic mass is 35.5. The van der Waals surface area contributed by atoms with Gasteiger partial charge in [-0.2, -0.15) is 13.2 Å². The molecule has 0 aliphatic rings. The van der Waals surface area contributed by atoms with Gasteiger partial charge in [0, 0.05) is 12.3 Å². The summed E-state index contributed by atoms with van der Waals surface area (Å²) in [5.74, 6) is 0. The molecule has 0 atom stereocenters. The molecule has 4 N–H and O–H groups in total. The summed E-state index contributed by atoms with van der Waals surface area (Å²) in [5, 5.41) is 11.4. The van der Waals surface area contributed by atoms with Crippen LogP contribution in [0, 0.1) is 0 Å². The fraction of sp³-hybridized carbons (Fsp3) is 0.200. The van der Waals surface area contributed by atoms with E-state index in [1.165, 1.54) is 0 Å². The number of alkyl halides is 3. The van der Waals surface area contributed by atoms with Gasteiger partial charge in [-0.1, -0.05) is 23.7 Å². The van der Waals surface area contributed by atoms with E-state index in [9.17, 15) is 13.2 Å². The van der Waals surface area contributed by atoms with Crippen LogP contribution in [0.25, 0.3) is 0 Å². The summed E-state index contributed by atoms with van der Waals surface area (Å²) < 4.78 is 38.2. The number of hydrogen-bond acceptors (Lipinski definition) is 3. The van der Waals surface area contributed by atoms with Gasteiger partial charge in [-0.05, 0) is 36.2 Å². The number of anilines is 3. The Morgan fingerprint density at radius 3 is 2.32 bits per heavy atom. The maximum atomic E-state index is 12.7. The van der Waals surface area contributed by atoms with Gasteiger partial charge in [0.15, 0.2) is 0 Å². The van der Waals surface area contributed by atoms with Crippen molar-refractivity contribution in [2.45, 2.75) is 12.6 Å². The molecule has 7 heteroatoms. The Morgan fingerprint density at radius 2 is 1.77 bits per heavy atom. The van der Waals surface area contributed by atoms with Crippen LogP contribution < -0.4 is 11.1 Å². The van der Waals surface area contributed by atoms with Crippen LogP contribution in [0.5, 0.6) is 0 Å². The number of nitrogen functional groups attached to an aromatic ring is 1. The van der Waals surface area contributed by atoms with E-state index in [1.54, 1.807) is 24.3 Å². The number of benzene rings is 2. The van der Waals surface area contributed by atoms with Crippen molar-refractivity contribution in [2.24, 2.45) is 0 Å². The Morgan fingerprint density at radius 1 is 1.14 bits per heavy atom. The molecular weight excluding hydrogens is 317 g/mol. The monoisotopic (exact) mass is 330 g/mol. The second-order valence-corrected chi connectivity index (χ2v) is 5.12. The van der Waals surface area contributed by atoms with Crippen molar-refractivity contribution in [3.05, 3.63) is 52.5 Å². The lowest BCUT2D eigenvalue weighted by Crippen LogP contribution is -2.08. The van der Waals surface area contributed by atoms with E-state index in [0.29, 0.717) is 17.8 Å². The summed E-state index contributed by atoms with van der Waals surface area (Å²) in [6.45, 7) is 0.0498. The van der Waals surface area contributed by atoms with E-state index < -0.39 is 16.8 Å². The average molecular weight is 331 g/mol. The van der Waals surface area contributed by atoms with Crippen LogP contribution in [0.2, 0.25) is 5.02 Å².